The molecule has 0 fully saturated rings. The predicted molar refractivity (Wildman–Crippen MR) is 105 cm³/mol. The lowest BCUT2D eigenvalue weighted by atomic mass is 10.3. The summed E-state index contributed by atoms with van der Waals surface area (Å²) >= 11 is 3.85. The van der Waals surface area contributed by atoms with Crippen LogP contribution in [0.1, 0.15) is 41.5 Å². The van der Waals surface area contributed by atoms with Crippen LogP contribution in [0.4, 0.5) is 0 Å². The van der Waals surface area contributed by atoms with E-state index in [0.29, 0.717) is 0 Å². The number of thioether (sulfide) groups is 2. The normalized spacial score (nSPS) is 14.0. The van der Waals surface area contributed by atoms with Crippen molar-refractivity contribution in [1.29, 1.82) is 0 Å². The van der Waals surface area contributed by atoms with Crippen LogP contribution >= 0.6 is 23.5 Å². The molecule has 4 heteroatoms. The van der Waals surface area contributed by atoms with Gasteiger partial charge in [0.2, 0.25) is 0 Å². The molecular formula is C19H22N2S2. The molecule has 23 heavy (non-hydrogen) atoms. The molecule has 0 unspecified atom stereocenters. The first-order chi connectivity index (χ1) is 10.7. The summed E-state index contributed by atoms with van der Waals surface area (Å²) in [5, 5.41) is 13.4. The number of hydrogen-bond acceptors (Lipinski definition) is 3. The Kier molecular flexibility index (Phi) is 3.15. The summed E-state index contributed by atoms with van der Waals surface area (Å²) in [6, 6.07) is 6.65. The second kappa shape index (κ2) is 4.70. The minimum Gasteiger partial charge on any atom is -0.276 e. The van der Waals surface area contributed by atoms with Crippen LogP contribution in [0.5, 0.6) is 0 Å². The highest BCUT2D eigenvalue weighted by Gasteiger charge is 2.29. The summed E-state index contributed by atoms with van der Waals surface area (Å²) in [5.74, 6) is 0. The van der Waals surface area contributed by atoms with Gasteiger partial charge in [0, 0.05) is 30.1 Å². The molecule has 0 aliphatic rings. The molecule has 0 radical (unpaired) electrons. The summed E-state index contributed by atoms with van der Waals surface area (Å²) in [7, 11) is 0. The third kappa shape index (κ3) is 2.76. The zero-order valence-electron chi connectivity index (χ0n) is 14.5. The van der Waals surface area contributed by atoms with Crippen LogP contribution in [0.2, 0.25) is 0 Å². The Labute approximate surface area is 145 Å². The highest BCUT2D eigenvalue weighted by Crippen LogP contribution is 2.53. The third-order valence-electron chi connectivity index (χ3n) is 3.71. The van der Waals surface area contributed by atoms with Crippen molar-refractivity contribution in [1.82, 2.24) is 10.2 Å². The van der Waals surface area contributed by atoms with E-state index < -0.39 is 0 Å². The van der Waals surface area contributed by atoms with Crippen molar-refractivity contribution < 1.29 is 0 Å². The van der Waals surface area contributed by atoms with E-state index >= 15 is 0 Å². The van der Waals surface area contributed by atoms with Crippen LogP contribution in [0.3, 0.4) is 0 Å². The molecular weight excluding hydrogens is 320 g/mol. The van der Waals surface area contributed by atoms with Crippen molar-refractivity contribution in [2.75, 3.05) is 0 Å². The Morgan fingerprint density at radius 1 is 0.826 bits per heavy atom. The first kappa shape index (κ1) is 15.4. The average molecular weight is 343 g/mol. The maximum atomic E-state index is 4.68. The highest BCUT2D eigenvalue weighted by atomic mass is 32.2. The maximum absolute atomic E-state index is 4.68. The van der Waals surface area contributed by atoms with Crippen LogP contribution in [0.15, 0.2) is 28.0 Å². The zero-order chi connectivity index (χ0) is 16.6. The van der Waals surface area contributed by atoms with Gasteiger partial charge < -0.3 is 0 Å². The molecule has 120 valence electrons. The lowest BCUT2D eigenvalue weighted by Crippen LogP contribution is -2.05. The van der Waals surface area contributed by atoms with Crippen molar-refractivity contribution in [3.63, 3.8) is 0 Å². The van der Waals surface area contributed by atoms with E-state index in [1.807, 2.05) is 23.5 Å². The van der Waals surface area contributed by atoms with Gasteiger partial charge in [-0.05, 0) is 10.8 Å². The number of hydrogen-bond donors (Lipinski definition) is 1. The third-order valence-corrected chi connectivity index (χ3v) is 6.15. The van der Waals surface area contributed by atoms with Crippen molar-refractivity contribution in [2.24, 2.45) is 0 Å². The summed E-state index contributed by atoms with van der Waals surface area (Å²) < 4.78 is 0.425. The molecule has 4 aromatic rings. The van der Waals surface area contributed by atoms with E-state index in [1.54, 1.807) is 0 Å². The molecule has 0 saturated carbocycles. The molecule has 0 saturated heterocycles. The summed E-state index contributed by atoms with van der Waals surface area (Å²) in [6.45, 7) is 13.5. The molecule has 0 bridgehead atoms. The van der Waals surface area contributed by atoms with Crippen LogP contribution in [-0.2, 0) is 0 Å². The highest BCUT2D eigenvalue weighted by molar-refractivity contribution is 8.01. The first-order valence-electron chi connectivity index (χ1n) is 8.01. The van der Waals surface area contributed by atoms with Gasteiger partial charge in [0.05, 0.1) is 5.52 Å². The lowest BCUT2D eigenvalue weighted by Gasteiger charge is -2.14. The molecule has 1 N–H and O–H groups in total. The predicted octanol–water partition coefficient (Wildman–Crippen LogP) is 6.53. The van der Waals surface area contributed by atoms with Crippen molar-refractivity contribution >= 4 is 56.1 Å². The molecule has 0 aliphatic carbocycles. The largest absolute Gasteiger partial charge is 0.276 e. The fourth-order valence-electron chi connectivity index (χ4n) is 2.83. The Morgan fingerprint density at radius 3 is 2.00 bits per heavy atom. The van der Waals surface area contributed by atoms with Crippen molar-refractivity contribution in [2.45, 2.75) is 60.8 Å². The SMILES string of the molecule is CC(C)(C)Sc1c2n[nH]c3c(SC(C)(C)C)c3c3cccc3c12. The summed E-state index contributed by atoms with van der Waals surface area (Å²) in [6.07, 6.45) is 0. The van der Waals surface area contributed by atoms with Gasteiger partial charge in [-0.25, -0.2) is 0 Å². The second-order valence-corrected chi connectivity index (χ2v) is 11.8. The summed E-state index contributed by atoms with van der Waals surface area (Å²) in [4.78, 5) is 2.73. The zero-order valence-corrected chi connectivity index (χ0v) is 16.1. The van der Waals surface area contributed by atoms with E-state index in [1.165, 1.54) is 36.9 Å². The molecule has 0 atom stereocenters. The standard InChI is InChI=1S/C19H22N2S2/c1-18(2,3)22-16-12-10-8-7-9-11(10)13-15(21-20-14(12)16)17(13)23-19(4,5)6/h7-9,20H,1-6H3. The molecule has 3 aromatic carbocycles. The maximum Gasteiger partial charge on any atom is 0.107 e. The lowest BCUT2D eigenvalue weighted by molar-refractivity contribution is 0.804. The van der Waals surface area contributed by atoms with Crippen molar-refractivity contribution in [3.8, 4) is 0 Å². The fraction of sp³-hybridized carbons (Fsp3) is 0.421. The number of nitrogens with zero attached hydrogens (tertiary/aromatic N) is 1. The van der Waals surface area contributed by atoms with E-state index in [2.05, 4.69) is 69.9 Å². The van der Waals surface area contributed by atoms with Gasteiger partial charge in [-0.2, -0.15) is 5.10 Å². The second-order valence-electron chi connectivity index (χ2n) is 8.14. The van der Waals surface area contributed by atoms with Gasteiger partial charge in [-0.15, -0.1) is 23.5 Å². The van der Waals surface area contributed by atoms with Gasteiger partial charge in [-0.3, -0.25) is 5.10 Å². The summed E-state index contributed by atoms with van der Waals surface area (Å²) in [5.41, 5.74) is 2.37. The van der Waals surface area contributed by atoms with E-state index in [4.69, 9.17) is 0 Å². The van der Waals surface area contributed by atoms with Gasteiger partial charge >= 0.3 is 0 Å². The van der Waals surface area contributed by atoms with Crippen LogP contribution in [0.25, 0.3) is 32.6 Å². The molecule has 2 nitrogen and oxygen atoms in total. The molecule has 0 aliphatic heterocycles. The topological polar surface area (TPSA) is 28.7 Å². The average Bonchev–Trinajstić information content (AvgIpc) is 3.11. The Hall–Kier alpha value is -1.13. The van der Waals surface area contributed by atoms with Gasteiger partial charge in [-0.1, -0.05) is 59.7 Å². The number of aromatic nitrogens is 2. The van der Waals surface area contributed by atoms with Crippen LogP contribution in [-0.4, -0.2) is 19.7 Å². The molecule has 1 heterocycles. The van der Waals surface area contributed by atoms with Gasteiger partial charge in [0.1, 0.15) is 5.52 Å². The number of rotatable bonds is 2. The molecule has 4 rings (SSSR count). The number of aromatic amines is 1. The van der Waals surface area contributed by atoms with E-state index in [0.717, 1.165) is 5.52 Å². The number of fused-ring (bicyclic) bond motifs is 5. The molecule has 1 aromatic heterocycles. The molecule has 0 spiro atoms. The Morgan fingerprint density at radius 2 is 1.39 bits per heavy atom. The van der Waals surface area contributed by atoms with E-state index in [-0.39, 0.29) is 9.49 Å². The number of H-pyrrole nitrogens is 1. The quantitative estimate of drug-likeness (QED) is 0.420. The Balaban J connectivity index is 1.89. The van der Waals surface area contributed by atoms with E-state index in [9.17, 15) is 0 Å². The monoisotopic (exact) mass is 342 g/mol. The van der Waals surface area contributed by atoms with Crippen LogP contribution < -0.4 is 0 Å². The van der Waals surface area contributed by atoms with Gasteiger partial charge in [0.25, 0.3) is 0 Å². The smallest absolute Gasteiger partial charge is 0.107 e. The molecule has 0 amide bonds. The number of nitrogens with one attached hydrogen (secondary N) is 1. The van der Waals surface area contributed by atoms with Crippen LogP contribution in [0, 0.1) is 0 Å². The van der Waals surface area contributed by atoms with Crippen molar-refractivity contribution in [3.05, 3.63) is 18.2 Å². The fourth-order valence-corrected chi connectivity index (χ4v) is 5.07. The Bertz CT molecular complexity index is 907. The first-order valence-corrected chi connectivity index (χ1v) is 9.64. The minimum absolute atomic E-state index is 0.210. The minimum atomic E-state index is 0.210. The van der Waals surface area contributed by atoms with Gasteiger partial charge in [0.15, 0.2) is 0 Å².